The molecule has 0 heterocycles. The molecular formula is C17H29N. The van der Waals surface area contributed by atoms with Crippen LogP contribution in [-0.2, 0) is 0 Å². The van der Waals surface area contributed by atoms with E-state index >= 15 is 0 Å². The van der Waals surface area contributed by atoms with Crippen LogP contribution in [0.25, 0.3) is 0 Å². The first-order valence-corrected chi connectivity index (χ1v) is 8.32. The lowest BCUT2D eigenvalue weighted by molar-refractivity contribution is 0.136. The second-order valence-electron chi connectivity index (χ2n) is 7.13. The predicted octanol–water partition coefficient (Wildman–Crippen LogP) is 5.00. The van der Waals surface area contributed by atoms with Crippen molar-refractivity contribution in [1.29, 1.82) is 0 Å². The zero-order valence-corrected chi connectivity index (χ0v) is 11.9. The first-order chi connectivity index (χ1) is 8.84. The number of nitrogens with zero attached hydrogens (tertiary/aromatic N) is 1. The van der Waals surface area contributed by atoms with E-state index in [9.17, 15) is 0 Å². The van der Waals surface area contributed by atoms with Crippen molar-refractivity contribution >= 4 is 6.72 Å². The summed E-state index contributed by atoms with van der Waals surface area (Å²) in [6.07, 6.45) is 17.3. The minimum absolute atomic E-state index is 0.297. The average molecular weight is 247 g/mol. The summed E-state index contributed by atoms with van der Waals surface area (Å²) < 4.78 is 0. The molecule has 0 aromatic carbocycles. The topological polar surface area (TPSA) is 12.4 Å². The Kier molecular flexibility index (Phi) is 3.77. The SMILES string of the molecule is C=NC1(C2CCCC2)CCC(C2CCCC2)CC1. The number of hydrogen-bond acceptors (Lipinski definition) is 1. The zero-order valence-electron chi connectivity index (χ0n) is 11.9. The summed E-state index contributed by atoms with van der Waals surface area (Å²) in [6, 6.07) is 0. The van der Waals surface area contributed by atoms with Crippen LogP contribution in [0.15, 0.2) is 4.99 Å². The molecule has 0 bridgehead atoms. The third kappa shape index (κ3) is 2.26. The molecule has 18 heavy (non-hydrogen) atoms. The standard InChI is InChI=1S/C17H29N/c1-18-17(16-8-4-5-9-16)12-10-15(11-13-17)14-6-2-3-7-14/h14-16H,1-13H2. The summed E-state index contributed by atoms with van der Waals surface area (Å²) in [4.78, 5) is 4.67. The molecule has 102 valence electrons. The molecule has 3 aliphatic carbocycles. The van der Waals surface area contributed by atoms with Crippen molar-refractivity contribution in [3.8, 4) is 0 Å². The number of rotatable bonds is 3. The van der Waals surface area contributed by atoms with Gasteiger partial charge in [-0.1, -0.05) is 38.5 Å². The molecule has 0 saturated heterocycles. The normalized spacial score (nSPS) is 39.2. The van der Waals surface area contributed by atoms with Gasteiger partial charge in [-0.05, 0) is 63.0 Å². The van der Waals surface area contributed by atoms with Gasteiger partial charge in [-0.15, -0.1) is 0 Å². The summed E-state index contributed by atoms with van der Waals surface area (Å²) in [7, 11) is 0. The van der Waals surface area contributed by atoms with Crippen molar-refractivity contribution in [2.45, 2.75) is 82.6 Å². The average Bonchev–Trinajstić information content (AvgIpc) is 3.12. The molecule has 0 atom stereocenters. The molecule has 3 saturated carbocycles. The zero-order chi connectivity index (χ0) is 12.4. The highest BCUT2D eigenvalue weighted by molar-refractivity contribution is 5.27. The van der Waals surface area contributed by atoms with Gasteiger partial charge in [0.15, 0.2) is 0 Å². The molecule has 0 aliphatic heterocycles. The van der Waals surface area contributed by atoms with Gasteiger partial charge in [-0.2, -0.15) is 0 Å². The third-order valence-corrected chi connectivity index (χ3v) is 6.39. The largest absolute Gasteiger partial charge is 0.294 e. The van der Waals surface area contributed by atoms with E-state index in [1.54, 1.807) is 0 Å². The van der Waals surface area contributed by atoms with E-state index in [0.717, 1.165) is 17.8 Å². The van der Waals surface area contributed by atoms with E-state index in [0.29, 0.717) is 5.54 Å². The molecular weight excluding hydrogens is 218 g/mol. The van der Waals surface area contributed by atoms with Crippen LogP contribution in [0.5, 0.6) is 0 Å². The Morgan fingerprint density at radius 2 is 1.22 bits per heavy atom. The van der Waals surface area contributed by atoms with Crippen molar-refractivity contribution in [3.05, 3.63) is 0 Å². The lowest BCUT2D eigenvalue weighted by Gasteiger charge is -2.43. The van der Waals surface area contributed by atoms with Gasteiger partial charge in [0.25, 0.3) is 0 Å². The molecule has 3 rings (SSSR count). The minimum Gasteiger partial charge on any atom is -0.294 e. The highest BCUT2D eigenvalue weighted by Gasteiger charge is 2.43. The van der Waals surface area contributed by atoms with Crippen molar-refractivity contribution in [3.63, 3.8) is 0 Å². The fourth-order valence-corrected chi connectivity index (χ4v) is 5.20. The van der Waals surface area contributed by atoms with Gasteiger partial charge in [0.1, 0.15) is 0 Å². The monoisotopic (exact) mass is 247 g/mol. The number of hydrogen-bond donors (Lipinski definition) is 0. The van der Waals surface area contributed by atoms with Crippen LogP contribution in [0.4, 0.5) is 0 Å². The van der Waals surface area contributed by atoms with E-state index in [1.165, 1.54) is 77.0 Å². The summed E-state index contributed by atoms with van der Waals surface area (Å²) in [5, 5.41) is 0. The number of aliphatic imine (C=N–C) groups is 1. The summed E-state index contributed by atoms with van der Waals surface area (Å²) >= 11 is 0. The fourth-order valence-electron chi connectivity index (χ4n) is 5.20. The Morgan fingerprint density at radius 1 is 0.722 bits per heavy atom. The van der Waals surface area contributed by atoms with Crippen molar-refractivity contribution < 1.29 is 0 Å². The van der Waals surface area contributed by atoms with Crippen LogP contribution in [0.3, 0.4) is 0 Å². The molecule has 1 heteroatoms. The van der Waals surface area contributed by atoms with Crippen LogP contribution in [0.2, 0.25) is 0 Å². The molecule has 0 spiro atoms. The van der Waals surface area contributed by atoms with Crippen LogP contribution in [0, 0.1) is 17.8 Å². The molecule has 0 aromatic heterocycles. The third-order valence-electron chi connectivity index (χ3n) is 6.39. The molecule has 0 N–H and O–H groups in total. The van der Waals surface area contributed by atoms with Gasteiger partial charge in [0.05, 0.1) is 5.54 Å². The van der Waals surface area contributed by atoms with Crippen LogP contribution in [-0.4, -0.2) is 12.3 Å². The summed E-state index contributed by atoms with van der Waals surface area (Å²) in [5.74, 6) is 2.97. The van der Waals surface area contributed by atoms with Gasteiger partial charge in [0, 0.05) is 0 Å². The molecule has 1 nitrogen and oxygen atoms in total. The Hall–Kier alpha value is -0.330. The molecule has 0 unspecified atom stereocenters. The summed E-state index contributed by atoms with van der Waals surface area (Å²) in [5.41, 5.74) is 0.297. The van der Waals surface area contributed by atoms with Crippen molar-refractivity contribution in [2.75, 3.05) is 0 Å². The second-order valence-corrected chi connectivity index (χ2v) is 7.13. The fraction of sp³-hybridized carbons (Fsp3) is 0.941. The van der Waals surface area contributed by atoms with Gasteiger partial charge >= 0.3 is 0 Å². The summed E-state index contributed by atoms with van der Waals surface area (Å²) in [6.45, 7) is 3.97. The van der Waals surface area contributed by atoms with E-state index < -0.39 is 0 Å². The van der Waals surface area contributed by atoms with E-state index in [4.69, 9.17) is 0 Å². The van der Waals surface area contributed by atoms with E-state index in [2.05, 4.69) is 11.7 Å². The second kappa shape index (κ2) is 5.35. The first kappa shape index (κ1) is 12.7. The maximum Gasteiger partial charge on any atom is 0.0629 e. The highest BCUT2D eigenvalue weighted by atomic mass is 14.9. The van der Waals surface area contributed by atoms with E-state index in [-0.39, 0.29) is 0 Å². The predicted molar refractivity (Wildman–Crippen MR) is 78.2 cm³/mol. The molecule has 0 amide bonds. The van der Waals surface area contributed by atoms with Gasteiger partial charge in [0.2, 0.25) is 0 Å². The van der Waals surface area contributed by atoms with E-state index in [1.807, 2.05) is 0 Å². The van der Waals surface area contributed by atoms with Gasteiger partial charge in [-0.3, -0.25) is 4.99 Å². The quantitative estimate of drug-likeness (QED) is 0.623. The molecule has 3 fully saturated rings. The smallest absolute Gasteiger partial charge is 0.0629 e. The van der Waals surface area contributed by atoms with Crippen LogP contribution >= 0.6 is 0 Å². The van der Waals surface area contributed by atoms with Crippen molar-refractivity contribution in [1.82, 2.24) is 0 Å². The molecule has 3 aliphatic rings. The maximum atomic E-state index is 4.67. The van der Waals surface area contributed by atoms with Gasteiger partial charge < -0.3 is 0 Å². The Labute approximate surface area is 112 Å². The minimum atomic E-state index is 0.297. The van der Waals surface area contributed by atoms with Gasteiger partial charge in [-0.25, -0.2) is 0 Å². The molecule has 0 aromatic rings. The van der Waals surface area contributed by atoms with Crippen LogP contribution < -0.4 is 0 Å². The van der Waals surface area contributed by atoms with Crippen LogP contribution in [0.1, 0.15) is 77.0 Å². The highest BCUT2D eigenvalue weighted by Crippen LogP contribution is 2.49. The van der Waals surface area contributed by atoms with Crippen molar-refractivity contribution in [2.24, 2.45) is 22.7 Å². The Bertz CT molecular complexity index is 276. The Morgan fingerprint density at radius 3 is 1.78 bits per heavy atom. The maximum absolute atomic E-state index is 4.67. The lowest BCUT2D eigenvalue weighted by Crippen LogP contribution is -2.39. The lowest BCUT2D eigenvalue weighted by atomic mass is 9.66. The Balaban J connectivity index is 1.61. The first-order valence-electron chi connectivity index (χ1n) is 8.32. The molecule has 0 radical (unpaired) electrons.